The summed E-state index contributed by atoms with van der Waals surface area (Å²) in [6.45, 7) is 2.05. The smallest absolute Gasteiger partial charge is 0.305 e. The monoisotopic (exact) mass is 261 g/mol. The van der Waals surface area contributed by atoms with E-state index in [0.717, 1.165) is 6.42 Å². The topological polar surface area (TPSA) is 52.3 Å². The molecule has 0 heterocycles. The summed E-state index contributed by atoms with van der Waals surface area (Å²) in [6, 6.07) is 6.60. The van der Waals surface area contributed by atoms with Gasteiger partial charge in [0.05, 0.1) is 7.11 Å². The predicted molar refractivity (Wildman–Crippen MR) is 75.8 cm³/mol. The third-order valence-corrected chi connectivity index (χ3v) is 3.95. The van der Waals surface area contributed by atoms with Gasteiger partial charge in [-0.05, 0) is 48.3 Å². The standard InChI is InChI=1S/C16H23NO2/c1-11(9-16(18)19-2)8-15(17)14-7-6-12-4-3-5-13(12)10-14/h6-7,10-11,15H,3-5,8-9,17H2,1-2H3. The van der Waals surface area contributed by atoms with Crippen LogP contribution in [-0.4, -0.2) is 13.1 Å². The molecule has 2 unspecified atom stereocenters. The Morgan fingerprint density at radius 2 is 2.11 bits per heavy atom. The lowest BCUT2D eigenvalue weighted by atomic mass is 9.93. The summed E-state index contributed by atoms with van der Waals surface area (Å²) in [5.41, 5.74) is 10.4. The molecule has 0 saturated heterocycles. The minimum Gasteiger partial charge on any atom is -0.469 e. The molecule has 104 valence electrons. The normalized spacial score (nSPS) is 16.8. The molecule has 0 spiro atoms. The Hall–Kier alpha value is -1.35. The summed E-state index contributed by atoms with van der Waals surface area (Å²) in [7, 11) is 1.43. The molecule has 2 atom stereocenters. The largest absolute Gasteiger partial charge is 0.469 e. The van der Waals surface area contributed by atoms with Gasteiger partial charge in [-0.25, -0.2) is 0 Å². The van der Waals surface area contributed by atoms with Gasteiger partial charge in [-0.1, -0.05) is 25.1 Å². The van der Waals surface area contributed by atoms with Crippen molar-refractivity contribution < 1.29 is 9.53 Å². The zero-order valence-electron chi connectivity index (χ0n) is 11.8. The molecule has 3 heteroatoms. The molecule has 3 nitrogen and oxygen atoms in total. The highest BCUT2D eigenvalue weighted by Gasteiger charge is 2.17. The van der Waals surface area contributed by atoms with Crippen LogP contribution in [0.5, 0.6) is 0 Å². The van der Waals surface area contributed by atoms with Crippen molar-refractivity contribution >= 4 is 5.97 Å². The van der Waals surface area contributed by atoms with Crippen LogP contribution in [0.3, 0.4) is 0 Å². The molecule has 19 heavy (non-hydrogen) atoms. The average molecular weight is 261 g/mol. The number of fused-ring (bicyclic) bond motifs is 1. The van der Waals surface area contributed by atoms with E-state index in [2.05, 4.69) is 22.9 Å². The molecule has 0 aromatic heterocycles. The van der Waals surface area contributed by atoms with Gasteiger partial charge in [-0.15, -0.1) is 0 Å². The number of rotatable bonds is 5. The van der Waals surface area contributed by atoms with Gasteiger partial charge in [0.1, 0.15) is 0 Å². The summed E-state index contributed by atoms with van der Waals surface area (Å²) in [4.78, 5) is 11.2. The maximum absolute atomic E-state index is 11.2. The lowest BCUT2D eigenvalue weighted by molar-refractivity contribution is -0.141. The number of hydrogen-bond donors (Lipinski definition) is 1. The van der Waals surface area contributed by atoms with Gasteiger partial charge in [0.25, 0.3) is 0 Å². The van der Waals surface area contributed by atoms with Crippen molar-refractivity contribution in [1.82, 2.24) is 0 Å². The second-order valence-corrected chi connectivity index (χ2v) is 5.61. The molecule has 0 radical (unpaired) electrons. The zero-order chi connectivity index (χ0) is 13.8. The van der Waals surface area contributed by atoms with Crippen LogP contribution in [0.15, 0.2) is 18.2 Å². The Labute approximate surface area is 115 Å². The van der Waals surface area contributed by atoms with Crippen molar-refractivity contribution in [1.29, 1.82) is 0 Å². The van der Waals surface area contributed by atoms with Gasteiger partial charge in [-0.2, -0.15) is 0 Å². The van der Waals surface area contributed by atoms with Gasteiger partial charge in [-0.3, -0.25) is 4.79 Å². The van der Waals surface area contributed by atoms with Crippen LogP contribution < -0.4 is 5.73 Å². The highest BCUT2D eigenvalue weighted by atomic mass is 16.5. The third kappa shape index (κ3) is 3.57. The lowest BCUT2D eigenvalue weighted by Gasteiger charge is -2.17. The van der Waals surface area contributed by atoms with Gasteiger partial charge in [0.15, 0.2) is 0 Å². The Bertz CT molecular complexity index is 456. The van der Waals surface area contributed by atoms with E-state index in [9.17, 15) is 4.79 Å². The Balaban J connectivity index is 1.96. The van der Waals surface area contributed by atoms with Crippen molar-refractivity contribution in [2.45, 2.75) is 45.1 Å². The van der Waals surface area contributed by atoms with Crippen molar-refractivity contribution in [2.24, 2.45) is 11.7 Å². The van der Waals surface area contributed by atoms with E-state index in [4.69, 9.17) is 5.73 Å². The van der Waals surface area contributed by atoms with E-state index < -0.39 is 0 Å². The van der Waals surface area contributed by atoms with E-state index >= 15 is 0 Å². The number of methoxy groups -OCH3 is 1. The Morgan fingerprint density at radius 1 is 1.37 bits per heavy atom. The van der Waals surface area contributed by atoms with Gasteiger partial charge >= 0.3 is 5.97 Å². The molecule has 1 aromatic rings. The highest BCUT2D eigenvalue weighted by Crippen LogP contribution is 2.27. The number of benzene rings is 1. The Morgan fingerprint density at radius 3 is 2.84 bits per heavy atom. The van der Waals surface area contributed by atoms with E-state index in [-0.39, 0.29) is 17.9 Å². The fraction of sp³-hybridized carbons (Fsp3) is 0.562. The van der Waals surface area contributed by atoms with Gasteiger partial charge < -0.3 is 10.5 Å². The minimum atomic E-state index is -0.159. The number of carbonyl (C=O) groups excluding carboxylic acids is 1. The molecule has 2 N–H and O–H groups in total. The maximum atomic E-state index is 11.2. The third-order valence-electron chi connectivity index (χ3n) is 3.95. The van der Waals surface area contributed by atoms with E-state index in [1.807, 2.05) is 6.92 Å². The molecule has 1 aliphatic carbocycles. The molecule has 0 aliphatic heterocycles. The van der Waals surface area contributed by atoms with Crippen molar-refractivity contribution in [3.63, 3.8) is 0 Å². The van der Waals surface area contributed by atoms with E-state index in [1.54, 1.807) is 0 Å². The van der Waals surface area contributed by atoms with Crippen LogP contribution in [0.4, 0.5) is 0 Å². The molecule has 0 amide bonds. The number of aryl methyl sites for hydroxylation is 2. The molecular formula is C16H23NO2. The summed E-state index contributed by atoms with van der Waals surface area (Å²) in [6.07, 6.45) is 4.88. The molecule has 1 aliphatic rings. The minimum absolute atomic E-state index is 0.00514. The summed E-state index contributed by atoms with van der Waals surface area (Å²) in [5.74, 6) is 0.0874. The van der Waals surface area contributed by atoms with Crippen LogP contribution in [0.1, 0.15) is 48.9 Å². The molecule has 0 bridgehead atoms. The number of hydrogen-bond acceptors (Lipinski definition) is 3. The first-order chi connectivity index (χ1) is 9.10. The van der Waals surface area contributed by atoms with Crippen LogP contribution in [0.25, 0.3) is 0 Å². The van der Waals surface area contributed by atoms with E-state index in [1.165, 1.54) is 43.1 Å². The summed E-state index contributed by atoms with van der Waals surface area (Å²) >= 11 is 0. The molecule has 0 fully saturated rings. The average Bonchev–Trinajstić information content (AvgIpc) is 2.85. The molecular weight excluding hydrogens is 238 g/mol. The van der Waals surface area contributed by atoms with Crippen LogP contribution in [-0.2, 0) is 22.4 Å². The summed E-state index contributed by atoms with van der Waals surface area (Å²) < 4.78 is 4.69. The highest BCUT2D eigenvalue weighted by molar-refractivity contribution is 5.69. The Kier molecular flexibility index (Phi) is 4.59. The second kappa shape index (κ2) is 6.20. The zero-order valence-corrected chi connectivity index (χ0v) is 11.8. The molecule has 0 saturated carbocycles. The fourth-order valence-electron chi connectivity index (χ4n) is 2.84. The van der Waals surface area contributed by atoms with E-state index in [0.29, 0.717) is 6.42 Å². The summed E-state index contributed by atoms with van der Waals surface area (Å²) in [5, 5.41) is 0. The lowest BCUT2D eigenvalue weighted by Crippen LogP contribution is -2.17. The fourth-order valence-corrected chi connectivity index (χ4v) is 2.84. The predicted octanol–water partition coefficient (Wildman–Crippen LogP) is 2.76. The van der Waals surface area contributed by atoms with Crippen LogP contribution in [0, 0.1) is 5.92 Å². The second-order valence-electron chi connectivity index (χ2n) is 5.61. The van der Waals surface area contributed by atoms with Crippen LogP contribution >= 0.6 is 0 Å². The number of nitrogens with two attached hydrogens (primary N) is 1. The van der Waals surface area contributed by atoms with Gasteiger partial charge in [0.2, 0.25) is 0 Å². The van der Waals surface area contributed by atoms with Crippen LogP contribution in [0.2, 0.25) is 0 Å². The SMILES string of the molecule is COC(=O)CC(C)CC(N)c1ccc2c(c1)CCC2. The van der Waals surface area contributed by atoms with Gasteiger partial charge in [0, 0.05) is 12.5 Å². The quantitative estimate of drug-likeness (QED) is 0.829. The first-order valence-electron chi connectivity index (χ1n) is 7.04. The van der Waals surface area contributed by atoms with Crippen molar-refractivity contribution in [3.05, 3.63) is 34.9 Å². The number of ether oxygens (including phenoxy) is 1. The molecule has 2 rings (SSSR count). The van der Waals surface area contributed by atoms with Crippen molar-refractivity contribution in [3.8, 4) is 0 Å². The number of esters is 1. The number of carbonyl (C=O) groups is 1. The first-order valence-corrected chi connectivity index (χ1v) is 7.04. The van der Waals surface area contributed by atoms with Crippen molar-refractivity contribution in [2.75, 3.05) is 7.11 Å². The molecule has 1 aromatic carbocycles. The maximum Gasteiger partial charge on any atom is 0.305 e. The first kappa shape index (κ1) is 14.1.